The lowest BCUT2D eigenvalue weighted by Gasteiger charge is -2.05. The molecule has 1 rings (SSSR count). The van der Waals surface area contributed by atoms with E-state index in [4.69, 9.17) is 15.4 Å². The Bertz CT molecular complexity index is 528. The van der Waals surface area contributed by atoms with Gasteiger partial charge in [-0.05, 0) is 30.5 Å². The predicted octanol–water partition coefficient (Wildman–Crippen LogP) is 1.70. The van der Waals surface area contributed by atoms with Crippen LogP contribution >= 0.6 is 10.7 Å². The molecule has 0 radical (unpaired) electrons. The highest BCUT2D eigenvalue weighted by atomic mass is 35.7. The van der Waals surface area contributed by atoms with Crippen molar-refractivity contribution < 1.29 is 17.9 Å². The largest absolute Gasteiger partial charge is 0.385 e. The van der Waals surface area contributed by atoms with E-state index in [-0.39, 0.29) is 10.8 Å². The van der Waals surface area contributed by atoms with Crippen LogP contribution in [0.5, 0.6) is 0 Å². The average molecular weight is 320 g/mol. The zero-order valence-electron chi connectivity index (χ0n) is 11.3. The minimum Gasteiger partial charge on any atom is -0.385 e. The Morgan fingerprint density at radius 1 is 1.30 bits per heavy atom. The maximum Gasteiger partial charge on any atom is 0.261 e. The number of methoxy groups -OCH3 is 1. The van der Waals surface area contributed by atoms with Gasteiger partial charge in [0.15, 0.2) is 0 Å². The highest BCUT2D eigenvalue weighted by Gasteiger charge is 2.09. The molecule has 1 aromatic carbocycles. The van der Waals surface area contributed by atoms with Gasteiger partial charge in [0.1, 0.15) is 0 Å². The van der Waals surface area contributed by atoms with Crippen molar-refractivity contribution in [3.05, 3.63) is 29.8 Å². The van der Waals surface area contributed by atoms with E-state index in [0.717, 1.165) is 12.0 Å². The number of nitrogens with one attached hydrogen (secondary N) is 1. The molecule has 0 saturated heterocycles. The molecule has 0 saturated carbocycles. The lowest BCUT2D eigenvalue weighted by molar-refractivity contribution is -0.121. The lowest BCUT2D eigenvalue weighted by atomic mass is 10.1. The van der Waals surface area contributed by atoms with Crippen LogP contribution in [0.15, 0.2) is 29.2 Å². The topological polar surface area (TPSA) is 72.5 Å². The van der Waals surface area contributed by atoms with Crippen LogP contribution in [0, 0.1) is 0 Å². The fourth-order valence-corrected chi connectivity index (χ4v) is 2.38. The molecule has 0 aliphatic rings. The quantitative estimate of drug-likeness (QED) is 0.584. The molecular formula is C13H18ClNO4S. The third kappa shape index (κ3) is 6.36. The molecule has 0 bridgehead atoms. The van der Waals surface area contributed by atoms with Gasteiger partial charge in [0.05, 0.1) is 4.90 Å². The number of carbonyl (C=O) groups is 1. The molecule has 112 valence electrons. The van der Waals surface area contributed by atoms with E-state index in [0.29, 0.717) is 26.0 Å². The number of hydrogen-bond acceptors (Lipinski definition) is 4. The number of halogens is 1. The second-order valence-electron chi connectivity index (χ2n) is 4.28. The van der Waals surface area contributed by atoms with Crippen LogP contribution in [-0.4, -0.2) is 34.6 Å². The van der Waals surface area contributed by atoms with E-state index in [2.05, 4.69) is 5.32 Å². The first-order valence-corrected chi connectivity index (χ1v) is 8.53. The summed E-state index contributed by atoms with van der Waals surface area (Å²) < 4.78 is 27.0. The highest BCUT2D eigenvalue weighted by Crippen LogP contribution is 2.15. The number of carbonyl (C=O) groups excluding carboxylic acids is 1. The third-order valence-corrected chi connectivity index (χ3v) is 4.06. The van der Waals surface area contributed by atoms with E-state index >= 15 is 0 Å². The Labute approximate surface area is 123 Å². The van der Waals surface area contributed by atoms with E-state index in [9.17, 15) is 13.2 Å². The van der Waals surface area contributed by atoms with Crippen LogP contribution in [0.25, 0.3) is 0 Å². The summed E-state index contributed by atoms with van der Waals surface area (Å²) in [5.41, 5.74) is 0.890. The van der Waals surface area contributed by atoms with Crippen molar-refractivity contribution in [1.82, 2.24) is 5.32 Å². The van der Waals surface area contributed by atoms with E-state index in [1.165, 1.54) is 12.1 Å². The Morgan fingerprint density at radius 2 is 1.95 bits per heavy atom. The van der Waals surface area contributed by atoms with Gasteiger partial charge in [-0.15, -0.1) is 0 Å². The van der Waals surface area contributed by atoms with Crippen molar-refractivity contribution in [1.29, 1.82) is 0 Å². The molecule has 5 nitrogen and oxygen atoms in total. The average Bonchev–Trinajstić information content (AvgIpc) is 2.41. The first-order chi connectivity index (χ1) is 9.43. The summed E-state index contributed by atoms with van der Waals surface area (Å²) in [5.74, 6) is -0.0323. The van der Waals surface area contributed by atoms with Crippen molar-refractivity contribution in [2.45, 2.75) is 24.2 Å². The molecule has 1 amide bonds. The molecular weight excluding hydrogens is 302 g/mol. The van der Waals surface area contributed by atoms with Crippen LogP contribution < -0.4 is 5.32 Å². The maximum absolute atomic E-state index is 11.5. The summed E-state index contributed by atoms with van der Waals surface area (Å²) in [6.45, 7) is 1.21. The number of amides is 1. The Balaban J connectivity index is 2.37. The molecule has 0 unspecified atom stereocenters. The van der Waals surface area contributed by atoms with Gasteiger partial charge in [0, 0.05) is 37.4 Å². The van der Waals surface area contributed by atoms with Gasteiger partial charge in [0.2, 0.25) is 5.91 Å². The minimum atomic E-state index is -3.69. The molecule has 0 heterocycles. The monoisotopic (exact) mass is 319 g/mol. The van der Waals surface area contributed by atoms with Crippen LogP contribution in [0.4, 0.5) is 0 Å². The van der Waals surface area contributed by atoms with Crippen LogP contribution in [0.2, 0.25) is 0 Å². The summed E-state index contributed by atoms with van der Waals surface area (Å²) in [6, 6.07) is 6.20. The Hall–Kier alpha value is -1.11. The molecule has 0 aliphatic heterocycles. The van der Waals surface area contributed by atoms with Gasteiger partial charge in [0.25, 0.3) is 9.05 Å². The Morgan fingerprint density at radius 3 is 2.50 bits per heavy atom. The number of aryl methyl sites for hydroxylation is 1. The summed E-state index contributed by atoms with van der Waals surface area (Å²) >= 11 is 0. The summed E-state index contributed by atoms with van der Waals surface area (Å²) in [5, 5.41) is 2.79. The van der Waals surface area contributed by atoms with Gasteiger partial charge >= 0.3 is 0 Å². The zero-order valence-corrected chi connectivity index (χ0v) is 12.8. The van der Waals surface area contributed by atoms with Gasteiger partial charge in [-0.3, -0.25) is 4.79 Å². The SMILES string of the molecule is COCCCNC(=O)CCc1ccc(S(=O)(=O)Cl)cc1. The normalized spacial score (nSPS) is 11.3. The second-order valence-corrected chi connectivity index (χ2v) is 6.84. The molecule has 1 aromatic rings. The van der Waals surface area contributed by atoms with Crippen molar-refractivity contribution in [2.75, 3.05) is 20.3 Å². The van der Waals surface area contributed by atoms with E-state index in [1.54, 1.807) is 19.2 Å². The summed E-state index contributed by atoms with van der Waals surface area (Å²) in [7, 11) is 3.15. The van der Waals surface area contributed by atoms with Crippen molar-refractivity contribution >= 4 is 25.6 Å². The van der Waals surface area contributed by atoms with E-state index < -0.39 is 9.05 Å². The molecule has 0 atom stereocenters. The zero-order chi connectivity index (χ0) is 15.0. The number of benzene rings is 1. The third-order valence-electron chi connectivity index (χ3n) is 2.69. The maximum atomic E-state index is 11.5. The fourth-order valence-electron chi connectivity index (χ4n) is 1.61. The molecule has 0 fully saturated rings. The summed E-state index contributed by atoms with van der Waals surface area (Å²) in [6.07, 6.45) is 1.70. The number of ether oxygens (including phenoxy) is 1. The highest BCUT2D eigenvalue weighted by molar-refractivity contribution is 8.13. The predicted molar refractivity (Wildman–Crippen MR) is 77.3 cm³/mol. The van der Waals surface area contributed by atoms with Crippen molar-refractivity contribution in [3.8, 4) is 0 Å². The molecule has 0 aromatic heterocycles. The van der Waals surface area contributed by atoms with E-state index in [1.807, 2.05) is 0 Å². The van der Waals surface area contributed by atoms with Crippen LogP contribution in [-0.2, 0) is 25.0 Å². The fraction of sp³-hybridized carbons (Fsp3) is 0.462. The first-order valence-electron chi connectivity index (χ1n) is 6.22. The van der Waals surface area contributed by atoms with Crippen LogP contribution in [0.1, 0.15) is 18.4 Å². The van der Waals surface area contributed by atoms with Gasteiger partial charge < -0.3 is 10.1 Å². The number of hydrogen-bond donors (Lipinski definition) is 1. The van der Waals surface area contributed by atoms with Crippen molar-refractivity contribution in [2.24, 2.45) is 0 Å². The molecule has 1 N–H and O–H groups in total. The number of rotatable bonds is 8. The molecule has 0 spiro atoms. The Kier molecular flexibility index (Phi) is 6.98. The first kappa shape index (κ1) is 16.9. The molecule has 7 heteroatoms. The summed E-state index contributed by atoms with van der Waals surface area (Å²) in [4.78, 5) is 11.6. The smallest absolute Gasteiger partial charge is 0.261 e. The van der Waals surface area contributed by atoms with Gasteiger partial charge in [-0.2, -0.15) is 0 Å². The second kappa shape index (κ2) is 8.24. The van der Waals surface area contributed by atoms with Crippen molar-refractivity contribution in [3.63, 3.8) is 0 Å². The van der Waals surface area contributed by atoms with Crippen LogP contribution in [0.3, 0.4) is 0 Å². The molecule has 20 heavy (non-hydrogen) atoms. The standard InChI is InChI=1S/C13H18ClNO4S/c1-19-10-2-9-15-13(16)8-5-11-3-6-12(7-4-11)20(14,17)18/h3-4,6-7H,2,5,8-10H2,1H3,(H,15,16). The van der Waals surface area contributed by atoms with Gasteiger partial charge in [-0.1, -0.05) is 12.1 Å². The lowest BCUT2D eigenvalue weighted by Crippen LogP contribution is -2.25. The van der Waals surface area contributed by atoms with Gasteiger partial charge in [-0.25, -0.2) is 8.42 Å². The minimum absolute atomic E-state index is 0.0323. The molecule has 0 aliphatic carbocycles.